The predicted octanol–water partition coefficient (Wildman–Crippen LogP) is 2.98. The van der Waals surface area contributed by atoms with Crippen LogP contribution >= 0.6 is 0 Å². The highest BCUT2D eigenvalue weighted by Gasteiger charge is 2.21. The minimum atomic E-state index is -0.499. The monoisotopic (exact) mass is 265 g/mol. The molecule has 1 aromatic rings. The summed E-state index contributed by atoms with van der Waals surface area (Å²) in [5, 5.41) is 9.62. The van der Waals surface area contributed by atoms with Crippen molar-refractivity contribution in [1.82, 2.24) is 4.90 Å². The third-order valence-corrected chi connectivity index (χ3v) is 3.85. The van der Waals surface area contributed by atoms with Gasteiger partial charge in [-0.1, -0.05) is 19.3 Å². The second-order valence-electron chi connectivity index (χ2n) is 5.29. The Balaban J connectivity index is 2.01. The van der Waals surface area contributed by atoms with E-state index in [-0.39, 0.29) is 23.6 Å². The van der Waals surface area contributed by atoms with Crippen LogP contribution in [0.1, 0.15) is 42.5 Å². The standard InChI is InChI=1S/C15H20FNO2/c1-17(12-5-3-2-4-6-12)10-15(19)13-9-11(16)7-8-14(13)18/h7-9,12,18H,2-6,10H2,1H3. The van der Waals surface area contributed by atoms with Gasteiger partial charge in [0.25, 0.3) is 0 Å². The molecule has 0 bridgehead atoms. The Morgan fingerprint density at radius 3 is 2.74 bits per heavy atom. The maximum atomic E-state index is 13.1. The number of ketones is 1. The molecule has 4 heteroatoms. The van der Waals surface area contributed by atoms with Gasteiger partial charge in [0.05, 0.1) is 12.1 Å². The molecule has 1 N–H and O–H groups in total. The van der Waals surface area contributed by atoms with Crippen LogP contribution in [0.4, 0.5) is 4.39 Å². The molecule has 2 rings (SSSR count). The lowest BCUT2D eigenvalue weighted by atomic mass is 9.94. The highest BCUT2D eigenvalue weighted by molar-refractivity contribution is 6.00. The zero-order chi connectivity index (χ0) is 13.8. The van der Waals surface area contributed by atoms with Crippen LogP contribution in [0.3, 0.4) is 0 Å². The number of hydrogen-bond acceptors (Lipinski definition) is 3. The lowest BCUT2D eigenvalue weighted by molar-refractivity contribution is 0.0896. The third kappa shape index (κ3) is 3.53. The topological polar surface area (TPSA) is 40.5 Å². The van der Waals surface area contributed by atoms with Gasteiger partial charge in [-0.05, 0) is 38.1 Å². The molecule has 1 saturated carbocycles. The van der Waals surface area contributed by atoms with E-state index in [0.717, 1.165) is 25.0 Å². The normalized spacial score (nSPS) is 16.8. The molecule has 1 fully saturated rings. The summed E-state index contributed by atoms with van der Waals surface area (Å²) in [7, 11) is 1.92. The first kappa shape index (κ1) is 14.0. The van der Waals surface area contributed by atoms with E-state index in [2.05, 4.69) is 0 Å². The number of likely N-dealkylation sites (N-methyl/N-ethyl adjacent to an activating group) is 1. The van der Waals surface area contributed by atoms with E-state index in [1.54, 1.807) is 0 Å². The number of carbonyl (C=O) groups is 1. The number of benzene rings is 1. The number of hydrogen-bond donors (Lipinski definition) is 1. The van der Waals surface area contributed by atoms with Gasteiger partial charge >= 0.3 is 0 Å². The Bertz CT molecular complexity index is 455. The Morgan fingerprint density at radius 1 is 1.37 bits per heavy atom. The molecule has 0 radical (unpaired) electrons. The number of phenolic OH excluding ortho intramolecular Hbond substituents is 1. The van der Waals surface area contributed by atoms with Gasteiger partial charge in [0, 0.05) is 6.04 Å². The van der Waals surface area contributed by atoms with Gasteiger partial charge in [-0.15, -0.1) is 0 Å². The first-order valence-electron chi connectivity index (χ1n) is 6.80. The van der Waals surface area contributed by atoms with Crippen molar-refractivity contribution in [3.63, 3.8) is 0 Å². The van der Waals surface area contributed by atoms with E-state index < -0.39 is 5.82 Å². The van der Waals surface area contributed by atoms with E-state index in [1.165, 1.54) is 25.3 Å². The second-order valence-corrected chi connectivity index (χ2v) is 5.29. The zero-order valence-corrected chi connectivity index (χ0v) is 11.2. The van der Waals surface area contributed by atoms with Crippen molar-refractivity contribution in [2.45, 2.75) is 38.1 Å². The molecule has 104 valence electrons. The highest BCUT2D eigenvalue weighted by atomic mass is 19.1. The molecule has 0 heterocycles. The molecule has 3 nitrogen and oxygen atoms in total. The van der Waals surface area contributed by atoms with Gasteiger partial charge in [0.1, 0.15) is 11.6 Å². The molecule has 1 aliphatic carbocycles. The smallest absolute Gasteiger partial charge is 0.180 e. The van der Waals surface area contributed by atoms with E-state index in [9.17, 15) is 14.3 Å². The van der Waals surface area contributed by atoms with Gasteiger partial charge < -0.3 is 5.11 Å². The number of carbonyl (C=O) groups excluding carboxylic acids is 1. The van der Waals surface area contributed by atoms with Crippen LogP contribution < -0.4 is 0 Å². The van der Waals surface area contributed by atoms with Gasteiger partial charge in [0.2, 0.25) is 0 Å². The van der Waals surface area contributed by atoms with E-state index in [1.807, 2.05) is 11.9 Å². The van der Waals surface area contributed by atoms with Crippen molar-refractivity contribution in [1.29, 1.82) is 0 Å². The van der Waals surface area contributed by atoms with E-state index in [0.29, 0.717) is 6.04 Å². The lowest BCUT2D eigenvalue weighted by Crippen LogP contribution is -2.37. The Labute approximate surface area is 113 Å². The maximum absolute atomic E-state index is 13.1. The zero-order valence-electron chi connectivity index (χ0n) is 11.2. The Morgan fingerprint density at radius 2 is 2.05 bits per heavy atom. The minimum absolute atomic E-state index is 0.0719. The van der Waals surface area contributed by atoms with Crippen molar-refractivity contribution in [3.8, 4) is 5.75 Å². The highest BCUT2D eigenvalue weighted by Crippen LogP contribution is 2.23. The summed E-state index contributed by atoms with van der Waals surface area (Å²) in [6.07, 6.45) is 5.89. The maximum Gasteiger partial charge on any atom is 0.180 e. The largest absolute Gasteiger partial charge is 0.507 e. The fraction of sp³-hybridized carbons (Fsp3) is 0.533. The molecule has 1 aromatic carbocycles. The van der Waals surface area contributed by atoms with E-state index in [4.69, 9.17) is 0 Å². The minimum Gasteiger partial charge on any atom is -0.507 e. The van der Waals surface area contributed by atoms with Crippen molar-refractivity contribution in [2.24, 2.45) is 0 Å². The quantitative estimate of drug-likeness (QED) is 0.851. The fourth-order valence-electron chi connectivity index (χ4n) is 2.69. The number of Topliss-reactive ketones (excluding diaryl/α,β-unsaturated/α-hetero) is 1. The number of rotatable bonds is 4. The summed E-state index contributed by atoms with van der Waals surface area (Å²) in [5.41, 5.74) is 0.0719. The molecule has 0 aliphatic heterocycles. The summed E-state index contributed by atoms with van der Waals surface area (Å²) < 4.78 is 13.1. The number of nitrogens with zero attached hydrogens (tertiary/aromatic N) is 1. The first-order valence-corrected chi connectivity index (χ1v) is 6.80. The summed E-state index contributed by atoms with van der Waals surface area (Å²) in [4.78, 5) is 14.1. The molecule has 1 aliphatic rings. The molecule has 0 aromatic heterocycles. The number of phenols is 1. The van der Waals surface area contributed by atoms with Gasteiger partial charge in [-0.2, -0.15) is 0 Å². The Hall–Kier alpha value is -1.42. The average Bonchev–Trinajstić information content (AvgIpc) is 2.42. The summed E-state index contributed by atoms with van der Waals surface area (Å²) >= 11 is 0. The fourth-order valence-corrected chi connectivity index (χ4v) is 2.69. The van der Waals surface area contributed by atoms with Crippen LogP contribution in [0, 0.1) is 5.82 Å². The second kappa shape index (κ2) is 6.15. The van der Waals surface area contributed by atoms with Crippen LogP contribution in [0.15, 0.2) is 18.2 Å². The van der Waals surface area contributed by atoms with Crippen LogP contribution in [0.2, 0.25) is 0 Å². The van der Waals surface area contributed by atoms with Crippen LogP contribution in [0.5, 0.6) is 5.75 Å². The van der Waals surface area contributed by atoms with Crippen molar-refractivity contribution in [2.75, 3.05) is 13.6 Å². The van der Waals surface area contributed by atoms with Crippen molar-refractivity contribution >= 4 is 5.78 Å². The lowest BCUT2D eigenvalue weighted by Gasteiger charge is -2.30. The molecule has 0 atom stereocenters. The van der Waals surface area contributed by atoms with Crippen LogP contribution in [-0.4, -0.2) is 35.4 Å². The molecule has 0 spiro atoms. The van der Waals surface area contributed by atoms with Crippen molar-refractivity contribution in [3.05, 3.63) is 29.6 Å². The van der Waals surface area contributed by atoms with Gasteiger partial charge in [-0.3, -0.25) is 9.69 Å². The first-order chi connectivity index (χ1) is 9.08. The summed E-state index contributed by atoms with van der Waals surface area (Å²) in [6.45, 7) is 0.224. The third-order valence-electron chi connectivity index (χ3n) is 3.85. The average molecular weight is 265 g/mol. The molecule has 19 heavy (non-hydrogen) atoms. The van der Waals surface area contributed by atoms with Crippen LogP contribution in [0.25, 0.3) is 0 Å². The van der Waals surface area contributed by atoms with E-state index >= 15 is 0 Å². The van der Waals surface area contributed by atoms with Crippen molar-refractivity contribution < 1.29 is 14.3 Å². The Kier molecular flexibility index (Phi) is 4.53. The molecule has 0 amide bonds. The van der Waals surface area contributed by atoms with Crippen LogP contribution in [-0.2, 0) is 0 Å². The van der Waals surface area contributed by atoms with Gasteiger partial charge in [0.15, 0.2) is 5.78 Å². The summed E-state index contributed by atoms with van der Waals surface area (Å²) in [5.74, 6) is -0.880. The summed E-state index contributed by atoms with van der Waals surface area (Å²) in [6, 6.07) is 3.90. The predicted molar refractivity (Wildman–Crippen MR) is 71.9 cm³/mol. The number of aromatic hydroxyl groups is 1. The van der Waals surface area contributed by atoms with Gasteiger partial charge in [-0.25, -0.2) is 4.39 Å². The molecule has 0 unspecified atom stereocenters. The SMILES string of the molecule is CN(CC(=O)c1cc(F)ccc1O)C1CCCCC1. The molecular weight excluding hydrogens is 245 g/mol. The molecule has 0 saturated heterocycles. The number of halogens is 1. The molecular formula is C15H20FNO2.